The van der Waals surface area contributed by atoms with E-state index < -0.39 is 0 Å². The summed E-state index contributed by atoms with van der Waals surface area (Å²) in [5.41, 5.74) is 6.54. The van der Waals surface area contributed by atoms with E-state index in [2.05, 4.69) is 24.3 Å². The maximum absolute atomic E-state index is 9.19. The third-order valence-electron chi connectivity index (χ3n) is 10.6. The monoisotopic (exact) mass is 752 g/mol. The SMILES string of the molecule is [2H]c1cc([2H])c2c(c1[2H])c1c([2H])c([2H])cc([2H])c1n2-c1cc(-c2cccc3c2sc2ccccc23)c2oc3cc(-c4nc(-c5ccccc5)nc(-c5ccccc5)n4)ccc3c2c1. The van der Waals surface area contributed by atoms with Crippen molar-refractivity contribution >= 4 is 75.3 Å². The summed E-state index contributed by atoms with van der Waals surface area (Å²) in [5.74, 6) is 1.57. The van der Waals surface area contributed by atoms with E-state index in [-0.39, 0.29) is 58.1 Å². The molecule has 0 atom stereocenters. The molecular weight excluding hydrogens is 717 g/mol. The molecule has 57 heavy (non-hydrogen) atoms. The zero-order chi connectivity index (χ0) is 42.7. The van der Waals surface area contributed by atoms with Gasteiger partial charge in [0, 0.05) is 75.2 Å². The van der Waals surface area contributed by atoms with Gasteiger partial charge in [0.1, 0.15) is 11.2 Å². The van der Waals surface area contributed by atoms with Crippen LogP contribution in [0.2, 0.25) is 0 Å². The van der Waals surface area contributed by atoms with Gasteiger partial charge in [-0.2, -0.15) is 0 Å². The highest BCUT2D eigenvalue weighted by Crippen LogP contribution is 2.46. The van der Waals surface area contributed by atoms with Crippen molar-refractivity contribution in [2.24, 2.45) is 0 Å². The Morgan fingerprint density at radius 3 is 1.81 bits per heavy atom. The zero-order valence-corrected chi connectivity index (χ0v) is 30.8. The van der Waals surface area contributed by atoms with Crippen LogP contribution in [-0.2, 0) is 0 Å². The fourth-order valence-electron chi connectivity index (χ4n) is 8.00. The second-order valence-corrected chi connectivity index (χ2v) is 15.0. The van der Waals surface area contributed by atoms with Gasteiger partial charge in [0.2, 0.25) is 0 Å². The minimum Gasteiger partial charge on any atom is -0.455 e. The number of rotatable bonds is 5. The van der Waals surface area contributed by atoms with Crippen molar-refractivity contribution in [3.63, 3.8) is 0 Å². The fourth-order valence-corrected chi connectivity index (χ4v) is 9.23. The molecule has 0 radical (unpaired) electrons. The largest absolute Gasteiger partial charge is 0.455 e. The zero-order valence-electron chi connectivity index (χ0n) is 36.0. The van der Waals surface area contributed by atoms with E-state index in [0.29, 0.717) is 34.3 Å². The number of thiophene rings is 1. The molecule has 0 fully saturated rings. The molecule has 8 aromatic carbocycles. The van der Waals surface area contributed by atoms with Gasteiger partial charge in [0.25, 0.3) is 0 Å². The number of nitrogens with zero attached hydrogens (tertiary/aromatic N) is 4. The standard InChI is InChI=1S/C51H30N4OS/c1-3-14-31(15-4-1)49-52-50(32-16-5-2-6-17-32)54-51(53-49)33-26-27-37-41-29-34(55-43-23-10-7-18-35(43)36-19-8-11-24-44(36)55)30-42(47(41)56-45(37)28-33)40-22-13-21-39-38-20-9-12-25-46(38)57-48(39)40/h1-30H/i7D,8D,18D,19D,23D,24D. The van der Waals surface area contributed by atoms with Crippen LogP contribution in [-0.4, -0.2) is 19.5 Å². The number of furan rings is 1. The molecule has 0 aliphatic heterocycles. The Morgan fingerprint density at radius 2 is 1.11 bits per heavy atom. The molecule has 5 nitrogen and oxygen atoms in total. The highest BCUT2D eigenvalue weighted by molar-refractivity contribution is 7.26. The summed E-state index contributed by atoms with van der Waals surface area (Å²) in [7, 11) is 0. The Hall–Kier alpha value is -7.41. The van der Waals surface area contributed by atoms with Crippen molar-refractivity contribution in [1.82, 2.24) is 19.5 Å². The van der Waals surface area contributed by atoms with E-state index >= 15 is 0 Å². The molecule has 0 bridgehead atoms. The average molecular weight is 753 g/mol. The van der Waals surface area contributed by atoms with Gasteiger partial charge >= 0.3 is 0 Å². The molecule has 0 spiro atoms. The van der Waals surface area contributed by atoms with Crippen LogP contribution < -0.4 is 0 Å². The Labute approximate surface area is 339 Å². The van der Waals surface area contributed by atoms with Crippen molar-refractivity contribution in [1.29, 1.82) is 0 Å². The van der Waals surface area contributed by atoms with Crippen LogP contribution >= 0.6 is 11.3 Å². The van der Waals surface area contributed by atoms with Crippen LogP contribution in [0.5, 0.6) is 0 Å². The third-order valence-corrected chi connectivity index (χ3v) is 11.8. The van der Waals surface area contributed by atoms with Gasteiger partial charge in [0.05, 0.1) is 19.3 Å². The number of fused-ring (bicyclic) bond motifs is 9. The van der Waals surface area contributed by atoms with Gasteiger partial charge in [-0.15, -0.1) is 11.3 Å². The van der Waals surface area contributed by atoms with Crippen LogP contribution in [0.3, 0.4) is 0 Å². The second kappa shape index (κ2) is 12.6. The van der Waals surface area contributed by atoms with E-state index in [1.54, 1.807) is 15.9 Å². The van der Waals surface area contributed by atoms with Crippen molar-refractivity contribution in [3.8, 4) is 51.0 Å². The first kappa shape index (κ1) is 26.4. The van der Waals surface area contributed by atoms with Gasteiger partial charge in [-0.1, -0.05) is 139 Å². The minimum absolute atomic E-state index is 0.0235. The molecule has 0 saturated heterocycles. The molecule has 0 aliphatic carbocycles. The van der Waals surface area contributed by atoms with Crippen LogP contribution in [0, 0.1) is 0 Å². The molecule has 266 valence electrons. The third kappa shape index (κ3) is 5.04. The Balaban J connectivity index is 1.16. The summed E-state index contributed by atoms with van der Waals surface area (Å²) >= 11 is 1.70. The molecule has 12 aromatic rings. The number of hydrogen-bond donors (Lipinski definition) is 0. The quantitative estimate of drug-likeness (QED) is 0.176. The van der Waals surface area contributed by atoms with Gasteiger partial charge in [-0.05, 0) is 42.4 Å². The Morgan fingerprint density at radius 1 is 0.474 bits per heavy atom. The van der Waals surface area contributed by atoms with E-state index in [4.69, 9.17) is 24.9 Å². The van der Waals surface area contributed by atoms with Gasteiger partial charge in [-0.3, -0.25) is 0 Å². The normalized spacial score (nSPS) is 13.3. The predicted molar refractivity (Wildman–Crippen MR) is 236 cm³/mol. The van der Waals surface area contributed by atoms with Gasteiger partial charge < -0.3 is 8.98 Å². The average Bonchev–Trinajstić information content (AvgIpc) is 4.01. The van der Waals surface area contributed by atoms with E-state index in [9.17, 15) is 2.74 Å². The van der Waals surface area contributed by atoms with Crippen molar-refractivity contribution in [2.75, 3.05) is 0 Å². The summed E-state index contributed by atoms with van der Waals surface area (Å²) in [6.07, 6.45) is 0. The molecule has 4 heterocycles. The first-order valence-corrected chi connectivity index (χ1v) is 19.3. The lowest BCUT2D eigenvalue weighted by Gasteiger charge is -2.12. The molecule has 0 N–H and O–H groups in total. The van der Waals surface area contributed by atoms with Crippen molar-refractivity contribution in [3.05, 3.63) is 182 Å². The van der Waals surface area contributed by atoms with E-state index in [1.165, 1.54) is 12.1 Å². The molecule has 0 saturated carbocycles. The first-order valence-electron chi connectivity index (χ1n) is 21.5. The summed E-state index contributed by atoms with van der Waals surface area (Å²) in [6.45, 7) is 0. The maximum Gasteiger partial charge on any atom is 0.164 e. The van der Waals surface area contributed by atoms with Crippen LogP contribution in [0.25, 0.3) is 115 Å². The van der Waals surface area contributed by atoms with Gasteiger partial charge in [-0.25, -0.2) is 15.0 Å². The van der Waals surface area contributed by atoms with Crippen LogP contribution in [0.1, 0.15) is 8.22 Å². The number of aromatic nitrogens is 4. The molecule has 0 unspecified atom stereocenters. The predicted octanol–water partition coefficient (Wildman–Crippen LogP) is 13.9. The smallest absolute Gasteiger partial charge is 0.164 e. The van der Waals surface area contributed by atoms with Crippen LogP contribution in [0.15, 0.2) is 186 Å². The summed E-state index contributed by atoms with van der Waals surface area (Å²) < 4.78 is 64.4. The maximum atomic E-state index is 9.19. The highest BCUT2D eigenvalue weighted by Gasteiger charge is 2.21. The van der Waals surface area contributed by atoms with Gasteiger partial charge in [0.15, 0.2) is 17.5 Å². The fraction of sp³-hybridized carbons (Fsp3) is 0. The molecule has 12 rings (SSSR count). The summed E-state index contributed by atoms with van der Waals surface area (Å²) in [6, 6.07) is 46.1. The topological polar surface area (TPSA) is 56.7 Å². The highest BCUT2D eigenvalue weighted by atomic mass is 32.1. The lowest BCUT2D eigenvalue weighted by molar-refractivity contribution is 0.670. The van der Waals surface area contributed by atoms with Crippen molar-refractivity contribution in [2.45, 2.75) is 0 Å². The molecule has 0 aliphatic rings. The van der Waals surface area contributed by atoms with E-state index in [1.807, 2.05) is 109 Å². The lowest BCUT2D eigenvalue weighted by Crippen LogP contribution is -2.00. The Bertz CT molecular complexity index is 3750. The number of benzene rings is 8. The van der Waals surface area contributed by atoms with Crippen LogP contribution in [0.4, 0.5) is 0 Å². The molecule has 6 heteroatoms. The first-order chi connectivity index (χ1) is 30.7. The minimum atomic E-state index is -0.165. The lowest BCUT2D eigenvalue weighted by atomic mass is 9.99. The molecular formula is C51H30N4OS. The van der Waals surface area contributed by atoms with Crippen molar-refractivity contribution < 1.29 is 12.6 Å². The summed E-state index contributed by atoms with van der Waals surface area (Å²) in [4.78, 5) is 14.8. The number of para-hydroxylation sites is 2. The molecule has 0 amide bonds. The second-order valence-electron chi connectivity index (χ2n) is 13.9. The Kier molecular flexibility index (Phi) is 5.82. The summed E-state index contributed by atoms with van der Waals surface area (Å²) in [5, 5.41) is 4.23. The van der Waals surface area contributed by atoms with E-state index in [0.717, 1.165) is 58.8 Å². The number of hydrogen-bond acceptors (Lipinski definition) is 5. The molecule has 4 aromatic heterocycles.